The molecule has 3 amide bonds. The van der Waals surface area contributed by atoms with E-state index in [0.29, 0.717) is 22.2 Å². The van der Waals surface area contributed by atoms with Crippen LogP contribution in [0.4, 0.5) is 4.79 Å². The van der Waals surface area contributed by atoms with Gasteiger partial charge in [-0.2, -0.15) is 0 Å². The summed E-state index contributed by atoms with van der Waals surface area (Å²) in [5.41, 5.74) is -0.904. The molecule has 0 aromatic carbocycles. The van der Waals surface area contributed by atoms with E-state index in [1.54, 1.807) is 32.0 Å². The molecular weight excluding hydrogens is 341 g/mol. The number of nitrogens with one attached hydrogen (secondary N) is 1. The van der Waals surface area contributed by atoms with Gasteiger partial charge in [-0.15, -0.1) is 0 Å². The van der Waals surface area contributed by atoms with Crippen LogP contribution in [0.1, 0.15) is 24.1 Å². The Hall–Kier alpha value is -2.05. The zero-order chi connectivity index (χ0) is 16.8. The number of halogens is 2. The van der Waals surface area contributed by atoms with Gasteiger partial charge in [0.05, 0.1) is 17.3 Å². The van der Waals surface area contributed by atoms with E-state index in [9.17, 15) is 9.59 Å². The van der Waals surface area contributed by atoms with Crippen molar-refractivity contribution in [2.24, 2.45) is 0 Å². The fourth-order valence-corrected chi connectivity index (χ4v) is 2.76. The van der Waals surface area contributed by atoms with Crippen LogP contribution in [0.3, 0.4) is 0 Å². The van der Waals surface area contributed by atoms with Crippen LogP contribution in [0.5, 0.6) is 0 Å². The van der Waals surface area contributed by atoms with Gasteiger partial charge in [-0.25, -0.2) is 9.78 Å². The van der Waals surface area contributed by atoms with Crippen molar-refractivity contribution in [2.75, 3.05) is 0 Å². The predicted molar refractivity (Wildman–Crippen MR) is 84.1 cm³/mol. The Morgan fingerprint density at radius 2 is 2.00 bits per heavy atom. The average molecular weight is 354 g/mol. The minimum Gasteiger partial charge on any atom is -0.463 e. The van der Waals surface area contributed by atoms with Gasteiger partial charge in [0.25, 0.3) is 5.91 Å². The molecule has 0 radical (unpaired) electrons. The Balaban J connectivity index is 1.91. The molecule has 23 heavy (non-hydrogen) atoms. The van der Waals surface area contributed by atoms with Crippen molar-refractivity contribution >= 4 is 35.1 Å². The van der Waals surface area contributed by atoms with Gasteiger partial charge < -0.3 is 9.73 Å². The number of aromatic nitrogens is 1. The summed E-state index contributed by atoms with van der Waals surface area (Å²) in [5, 5.41) is 3.22. The van der Waals surface area contributed by atoms with Crippen LogP contribution in [0.25, 0.3) is 0 Å². The van der Waals surface area contributed by atoms with Gasteiger partial charge in [0.2, 0.25) is 0 Å². The molecule has 1 saturated heterocycles. The number of pyridine rings is 1. The smallest absolute Gasteiger partial charge is 0.325 e. The van der Waals surface area contributed by atoms with Crippen molar-refractivity contribution in [3.63, 3.8) is 0 Å². The number of amides is 3. The van der Waals surface area contributed by atoms with Crippen molar-refractivity contribution in [1.29, 1.82) is 0 Å². The molecular formula is C15H13Cl2N3O3. The lowest BCUT2D eigenvalue weighted by molar-refractivity contribution is -0.132. The third-order valence-electron chi connectivity index (χ3n) is 3.70. The summed E-state index contributed by atoms with van der Waals surface area (Å²) in [6, 6.07) is 5.97. The molecule has 2 aromatic rings. The molecule has 1 fully saturated rings. The second-order valence-corrected chi connectivity index (χ2v) is 6.21. The number of carbonyl (C=O) groups is 2. The summed E-state index contributed by atoms with van der Waals surface area (Å²) in [4.78, 5) is 30.1. The third kappa shape index (κ3) is 2.68. The molecule has 3 heterocycles. The maximum absolute atomic E-state index is 12.7. The molecule has 1 atom stereocenters. The van der Waals surface area contributed by atoms with Gasteiger partial charge in [0, 0.05) is 0 Å². The normalized spacial score (nSPS) is 21.0. The molecule has 1 aliphatic rings. The number of furan rings is 1. The van der Waals surface area contributed by atoms with Crippen molar-refractivity contribution in [3.8, 4) is 0 Å². The summed E-state index contributed by atoms with van der Waals surface area (Å²) in [6.07, 6.45) is 0. The summed E-state index contributed by atoms with van der Waals surface area (Å²) < 4.78 is 5.51. The zero-order valence-electron chi connectivity index (χ0n) is 12.4. The highest BCUT2D eigenvalue weighted by molar-refractivity contribution is 6.32. The SMILES string of the molecule is Cc1ccc(C2(C)NC(=O)N(Cc3nc(Cl)ccc3Cl)C2=O)o1. The Kier molecular flexibility index (Phi) is 3.82. The molecule has 8 heteroatoms. The summed E-state index contributed by atoms with van der Waals surface area (Å²) in [5.74, 6) is 0.594. The van der Waals surface area contributed by atoms with Gasteiger partial charge in [0.15, 0.2) is 5.54 Å². The second-order valence-electron chi connectivity index (χ2n) is 5.42. The number of aryl methyl sites for hydroxylation is 1. The zero-order valence-corrected chi connectivity index (χ0v) is 13.9. The van der Waals surface area contributed by atoms with E-state index in [4.69, 9.17) is 27.6 Å². The first-order valence-corrected chi connectivity index (χ1v) is 7.59. The minimum absolute atomic E-state index is 0.0701. The van der Waals surface area contributed by atoms with Crippen LogP contribution in [0, 0.1) is 6.92 Å². The lowest BCUT2D eigenvalue weighted by Gasteiger charge is -2.19. The molecule has 2 aromatic heterocycles. The first-order chi connectivity index (χ1) is 10.8. The number of imide groups is 1. The molecule has 3 rings (SSSR count). The third-order valence-corrected chi connectivity index (χ3v) is 4.26. The highest BCUT2D eigenvalue weighted by atomic mass is 35.5. The van der Waals surface area contributed by atoms with Crippen molar-refractivity contribution in [2.45, 2.75) is 25.9 Å². The fraction of sp³-hybridized carbons (Fsp3) is 0.267. The Bertz CT molecular complexity index is 805. The molecule has 0 aliphatic carbocycles. The molecule has 1 unspecified atom stereocenters. The molecule has 1 N–H and O–H groups in total. The molecule has 0 bridgehead atoms. The van der Waals surface area contributed by atoms with Gasteiger partial charge >= 0.3 is 6.03 Å². The minimum atomic E-state index is -1.25. The van der Waals surface area contributed by atoms with E-state index >= 15 is 0 Å². The fourth-order valence-electron chi connectivity index (χ4n) is 2.43. The number of urea groups is 1. The largest absolute Gasteiger partial charge is 0.463 e. The number of carbonyl (C=O) groups excluding carboxylic acids is 2. The number of hydrogen-bond acceptors (Lipinski definition) is 4. The maximum Gasteiger partial charge on any atom is 0.325 e. The van der Waals surface area contributed by atoms with Crippen molar-refractivity contribution < 1.29 is 14.0 Å². The Morgan fingerprint density at radius 1 is 1.26 bits per heavy atom. The highest BCUT2D eigenvalue weighted by Crippen LogP contribution is 2.31. The lowest BCUT2D eigenvalue weighted by atomic mass is 9.99. The van der Waals surface area contributed by atoms with Crippen molar-refractivity contribution in [3.05, 3.63) is 51.7 Å². The average Bonchev–Trinajstić information content (AvgIpc) is 3.01. The number of rotatable bonds is 3. The van der Waals surface area contributed by atoms with Crippen LogP contribution < -0.4 is 5.32 Å². The van der Waals surface area contributed by atoms with Gasteiger partial charge in [-0.1, -0.05) is 23.2 Å². The van der Waals surface area contributed by atoms with E-state index < -0.39 is 17.5 Å². The van der Waals surface area contributed by atoms with E-state index in [1.165, 1.54) is 6.07 Å². The highest BCUT2D eigenvalue weighted by Gasteiger charge is 2.51. The Labute approximate surface area is 142 Å². The number of nitrogens with zero attached hydrogens (tertiary/aromatic N) is 2. The van der Waals surface area contributed by atoms with Gasteiger partial charge in [-0.3, -0.25) is 9.69 Å². The first kappa shape index (κ1) is 15.8. The summed E-state index contributed by atoms with van der Waals surface area (Å²) in [6.45, 7) is 3.29. The quantitative estimate of drug-likeness (QED) is 0.678. The predicted octanol–water partition coefficient (Wildman–Crippen LogP) is 3.26. The summed E-state index contributed by atoms with van der Waals surface area (Å²) >= 11 is 11.9. The van der Waals surface area contributed by atoms with Gasteiger partial charge in [-0.05, 0) is 38.1 Å². The molecule has 1 aliphatic heterocycles. The van der Waals surface area contributed by atoms with Crippen LogP contribution in [0.15, 0.2) is 28.7 Å². The standard InChI is InChI=1S/C15H13Cl2N3O3/c1-8-3-5-11(23-8)15(2)13(21)20(14(22)19-15)7-10-9(16)4-6-12(17)18-10/h3-6H,7H2,1-2H3,(H,19,22). The van der Waals surface area contributed by atoms with E-state index in [0.717, 1.165) is 4.90 Å². The first-order valence-electron chi connectivity index (χ1n) is 6.83. The van der Waals surface area contributed by atoms with Crippen LogP contribution in [-0.4, -0.2) is 21.8 Å². The van der Waals surface area contributed by atoms with Crippen LogP contribution in [-0.2, 0) is 16.9 Å². The van der Waals surface area contributed by atoms with E-state index in [-0.39, 0.29) is 11.7 Å². The molecule has 6 nitrogen and oxygen atoms in total. The van der Waals surface area contributed by atoms with E-state index in [1.807, 2.05) is 0 Å². The Morgan fingerprint density at radius 3 is 2.65 bits per heavy atom. The van der Waals surface area contributed by atoms with Gasteiger partial charge in [0.1, 0.15) is 16.7 Å². The van der Waals surface area contributed by atoms with Crippen LogP contribution >= 0.6 is 23.2 Å². The molecule has 0 saturated carbocycles. The topological polar surface area (TPSA) is 75.4 Å². The monoisotopic (exact) mass is 353 g/mol. The lowest BCUT2D eigenvalue weighted by Crippen LogP contribution is -2.40. The van der Waals surface area contributed by atoms with Crippen molar-refractivity contribution in [1.82, 2.24) is 15.2 Å². The number of hydrogen-bond donors (Lipinski definition) is 1. The van der Waals surface area contributed by atoms with Crippen LogP contribution in [0.2, 0.25) is 10.2 Å². The second kappa shape index (κ2) is 5.54. The molecule has 120 valence electrons. The summed E-state index contributed by atoms with van der Waals surface area (Å²) in [7, 11) is 0. The van der Waals surface area contributed by atoms with E-state index in [2.05, 4.69) is 10.3 Å². The molecule has 0 spiro atoms. The maximum atomic E-state index is 12.7.